The zero-order valence-electron chi connectivity index (χ0n) is 15.8. The Morgan fingerprint density at radius 3 is 2.59 bits per heavy atom. The van der Waals surface area contributed by atoms with Crippen LogP contribution in [0.15, 0.2) is 24.3 Å². The number of para-hydroxylation sites is 1. The topological polar surface area (TPSA) is 81.8 Å². The minimum Gasteiger partial charge on any atom is -0.345 e. The summed E-state index contributed by atoms with van der Waals surface area (Å²) in [5.41, 5.74) is 0.459. The molecule has 7 nitrogen and oxygen atoms in total. The Morgan fingerprint density at radius 1 is 1.19 bits per heavy atom. The second-order valence-corrected chi connectivity index (χ2v) is 8.13. The summed E-state index contributed by atoms with van der Waals surface area (Å²) < 4.78 is 0. The van der Waals surface area contributed by atoms with Crippen LogP contribution in [0.4, 0.5) is 5.69 Å². The third-order valence-electron chi connectivity index (χ3n) is 6.29. The largest absolute Gasteiger partial charge is 0.345 e. The van der Waals surface area contributed by atoms with Gasteiger partial charge in [0.1, 0.15) is 0 Å². The van der Waals surface area contributed by atoms with Gasteiger partial charge in [-0.2, -0.15) is 0 Å². The average molecular weight is 370 g/mol. The number of amides is 3. The number of nitrogens with zero attached hydrogens (tertiary/aromatic N) is 2. The van der Waals surface area contributed by atoms with Crippen molar-refractivity contribution in [2.24, 2.45) is 5.92 Å². The maximum Gasteiger partial charge on any atom is 0.253 e. The molecule has 3 aliphatic rings. The van der Waals surface area contributed by atoms with Crippen LogP contribution in [0.3, 0.4) is 0 Å². The van der Waals surface area contributed by atoms with Gasteiger partial charge in [-0.25, -0.2) is 0 Å². The molecule has 144 valence electrons. The first kappa shape index (κ1) is 18.0. The number of hydrogen-bond donors (Lipinski definition) is 2. The molecular weight excluding hydrogens is 344 g/mol. The van der Waals surface area contributed by atoms with E-state index in [0.717, 1.165) is 25.9 Å². The number of nitrogens with one attached hydrogen (secondary N) is 2. The molecular formula is C20H26N4O3. The lowest BCUT2D eigenvalue weighted by Gasteiger charge is -2.37. The van der Waals surface area contributed by atoms with Gasteiger partial charge in [-0.1, -0.05) is 12.1 Å². The molecule has 4 rings (SSSR count). The lowest BCUT2D eigenvalue weighted by molar-refractivity contribution is -0.130. The van der Waals surface area contributed by atoms with E-state index < -0.39 is 5.54 Å². The summed E-state index contributed by atoms with van der Waals surface area (Å²) in [5, 5.41) is 6.09. The standard InChI is InChI=1S/C20H26N4O3/c1-13(25)23-9-7-14(8-10-23)24-11-16-19(27)21-17-6-4-3-5-15(17)18(26)22-20(16,2)12-24/h3-6,14,16H,7-12H2,1-2H3,(H,21,27)(H,22,26)/t16-,20-/m0/s1. The number of carbonyl (C=O) groups is 3. The van der Waals surface area contributed by atoms with Crippen LogP contribution in [0, 0.1) is 5.92 Å². The van der Waals surface area contributed by atoms with Crippen LogP contribution < -0.4 is 10.6 Å². The van der Waals surface area contributed by atoms with Gasteiger partial charge in [-0.05, 0) is 31.9 Å². The number of fused-ring (bicyclic) bond motifs is 2. The Bertz CT molecular complexity index is 787. The van der Waals surface area contributed by atoms with E-state index in [1.807, 2.05) is 17.9 Å². The SMILES string of the molecule is CC(=O)N1CCC(N2C[C@H]3C(=O)Nc4ccccc4C(=O)N[C@@]3(C)C2)CC1. The van der Waals surface area contributed by atoms with Gasteiger partial charge in [-0.3, -0.25) is 19.3 Å². The van der Waals surface area contributed by atoms with Crippen LogP contribution in [-0.4, -0.2) is 65.3 Å². The molecule has 7 heteroatoms. The first-order valence-electron chi connectivity index (χ1n) is 9.59. The van der Waals surface area contributed by atoms with Gasteiger partial charge in [0.2, 0.25) is 11.8 Å². The number of anilines is 1. The van der Waals surface area contributed by atoms with Crippen LogP contribution >= 0.6 is 0 Å². The fraction of sp³-hybridized carbons (Fsp3) is 0.550. The molecule has 2 fully saturated rings. The third-order valence-corrected chi connectivity index (χ3v) is 6.29. The van der Waals surface area contributed by atoms with Gasteiger partial charge in [0, 0.05) is 39.1 Å². The van der Waals surface area contributed by atoms with Crippen molar-refractivity contribution in [1.29, 1.82) is 0 Å². The summed E-state index contributed by atoms with van der Waals surface area (Å²) in [6.45, 7) is 6.34. The summed E-state index contributed by atoms with van der Waals surface area (Å²) in [5.74, 6) is -0.381. The highest BCUT2D eigenvalue weighted by Gasteiger charge is 2.50. The molecule has 0 radical (unpaired) electrons. The summed E-state index contributed by atoms with van der Waals surface area (Å²) in [7, 11) is 0. The highest BCUT2D eigenvalue weighted by molar-refractivity contribution is 6.06. The molecule has 0 bridgehead atoms. The quantitative estimate of drug-likeness (QED) is 0.775. The molecule has 1 aromatic rings. The molecule has 27 heavy (non-hydrogen) atoms. The maximum atomic E-state index is 13.0. The van der Waals surface area contributed by atoms with E-state index in [4.69, 9.17) is 0 Å². The molecule has 2 atom stereocenters. The number of benzene rings is 1. The molecule has 0 unspecified atom stereocenters. The van der Waals surface area contributed by atoms with Crippen LogP contribution in [-0.2, 0) is 9.59 Å². The van der Waals surface area contributed by atoms with E-state index >= 15 is 0 Å². The van der Waals surface area contributed by atoms with Gasteiger partial charge in [0.05, 0.1) is 22.7 Å². The van der Waals surface area contributed by atoms with Gasteiger partial charge < -0.3 is 15.5 Å². The molecule has 2 saturated heterocycles. The Hall–Kier alpha value is -2.41. The molecule has 3 amide bonds. The Kier molecular flexibility index (Phi) is 4.42. The normalized spacial score (nSPS) is 29.3. The van der Waals surface area contributed by atoms with Crippen molar-refractivity contribution in [3.63, 3.8) is 0 Å². The van der Waals surface area contributed by atoms with E-state index in [-0.39, 0.29) is 23.6 Å². The third kappa shape index (κ3) is 3.20. The van der Waals surface area contributed by atoms with Crippen molar-refractivity contribution in [2.45, 2.75) is 38.3 Å². The predicted molar refractivity (Wildman–Crippen MR) is 101 cm³/mol. The van der Waals surface area contributed by atoms with Crippen molar-refractivity contribution in [3.05, 3.63) is 29.8 Å². The van der Waals surface area contributed by atoms with Gasteiger partial charge >= 0.3 is 0 Å². The first-order valence-corrected chi connectivity index (χ1v) is 9.59. The summed E-state index contributed by atoms with van der Waals surface area (Å²) in [6.07, 6.45) is 1.80. The van der Waals surface area contributed by atoms with E-state index in [1.165, 1.54) is 0 Å². The minimum absolute atomic E-state index is 0.0476. The van der Waals surface area contributed by atoms with Crippen molar-refractivity contribution in [1.82, 2.24) is 15.1 Å². The maximum absolute atomic E-state index is 13.0. The van der Waals surface area contributed by atoms with Crippen molar-refractivity contribution >= 4 is 23.4 Å². The fourth-order valence-corrected chi connectivity index (χ4v) is 4.69. The van der Waals surface area contributed by atoms with Crippen molar-refractivity contribution in [2.75, 3.05) is 31.5 Å². The number of piperidine rings is 1. The Balaban J connectivity index is 1.53. The lowest BCUT2D eigenvalue weighted by atomic mass is 9.86. The smallest absolute Gasteiger partial charge is 0.253 e. The van der Waals surface area contributed by atoms with E-state index in [9.17, 15) is 14.4 Å². The van der Waals surface area contributed by atoms with Crippen LogP contribution in [0.1, 0.15) is 37.0 Å². The molecule has 0 aromatic heterocycles. The lowest BCUT2D eigenvalue weighted by Crippen LogP contribution is -2.56. The monoisotopic (exact) mass is 370 g/mol. The molecule has 1 aromatic carbocycles. The van der Waals surface area contributed by atoms with Crippen molar-refractivity contribution < 1.29 is 14.4 Å². The molecule has 2 N–H and O–H groups in total. The van der Waals surface area contributed by atoms with Crippen LogP contribution in [0.5, 0.6) is 0 Å². The number of carbonyl (C=O) groups excluding carboxylic acids is 3. The zero-order chi connectivity index (χ0) is 19.2. The number of rotatable bonds is 1. The second kappa shape index (κ2) is 6.64. The molecule has 0 spiro atoms. The van der Waals surface area contributed by atoms with E-state index in [0.29, 0.717) is 30.4 Å². The van der Waals surface area contributed by atoms with Gasteiger partial charge in [0.25, 0.3) is 5.91 Å². The van der Waals surface area contributed by atoms with E-state index in [1.54, 1.807) is 25.1 Å². The molecule has 3 heterocycles. The molecule has 3 aliphatic heterocycles. The van der Waals surface area contributed by atoms with Gasteiger partial charge in [0.15, 0.2) is 0 Å². The molecule has 0 saturated carbocycles. The van der Waals surface area contributed by atoms with Crippen molar-refractivity contribution in [3.8, 4) is 0 Å². The minimum atomic E-state index is -0.605. The van der Waals surface area contributed by atoms with E-state index in [2.05, 4.69) is 15.5 Å². The highest BCUT2D eigenvalue weighted by atomic mass is 16.2. The average Bonchev–Trinajstić information content (AvgIpc) is 2.98. The first-order chi connectivity index (χ1) is 12.9. The number of hydrogen-bond acceptors (Lipinski definition) is 4. The predicted octanol–water partition coefficient (Wildman–Crippen LogP) is 1.07. The van der Waals surface area contributed by atoms with Crippen LogP contribution in [0.25, 0.3) is 0 Å². The summed E-state index contributed by atoms with van der Waals surface area (Å²) in [6, 6.07) is 7.45. The highest BCUT2D eigenvalue weighted by Crippen LogP contribution is 2.34. The summed E-state index contributed by atoms with van der Waals surface area (Å²) in [4.78, 5) is 41.5. The van der Waals surface area contributed by atoms with Crippen LogP contribution in [0.2, 0.25) is 0 Å². The Labute approximate surface area is 159 Å². The second-order valence-electron chi connectivity index (χ2n) is 8.13. The van der Waals surface area contributed by atoms with Gasteiger partial charge in [-0.15, -0.1) is 0 Å². The zero-order valence-corrected chi connectivity index (χ0v) is 15.8. The molecule has 0 aliphatic carbocycles. The summed E-state index contributed by atoms with van der Waals surface area (Å²) >= 11 is 0. The Morgan fingerprint density at radius 2 is 1.89 bits per heavy atom. The number of likely N-dealkylation sites (tertiary alicyclic amines) is 2. The fourth-order valence-electron chi connectivity index (χ4n) is 4.69.